The van der Waals surface area contributed by atoms with E-state index >= 15 is 0 Å². The highest BCUT2D eigenvalue weighted by Crippen LogP contribution is 2.17. The van der Waals surface area contributed by atoms with Crippen LogP contribution in [-0.4, -0.2) is 24.2 Å². The molecule has 0 spiro atoms. The van der Waals surface area contributed by atoms with E-state index in [0.29, 0.717) is 6.42 Å². The van der Waals surface area contributed by atoms with Crippen LogP contribution in [0.4, 0.5) is 5.69 Å². The fourth-order valence-corrected chi connectivity index (χ4v) is 1.51. The first-order valence-corrected chi connectivity index (χ1v) is 5.65. The fraction of sp³-hybridized carbons (Fsp3) is 0.286. The zero-order valence-electron chi connectivity index (χ0n) is 10.5. The SMILES string of the molecule is CC(CC#N)N(C)c1ccc(C=CC(=O)O)cc1. The first-order chi connectivity index (χ1) is 8.54. The van der Waals surface area contributed by atoms with Crippen LogP contribution in [0.25, 0.3) is 6.08 Å². The van der Waals surface area contributed by atoms with Crippen LogP contribution in [0.2, 0.25) is 0 Å². The average Bonchev–Trinajstić information content (AvgIpc) is 2.36. The van der Waals surface area contributed by atoms with Gasteiger partial charge in [-0.3, -0.25) is 0 Å². The summed E-state index contributed by atoms with van der Waals surface area (Å²) in [7, 11) is 1.93. The first kappa shape index (κ1) is 13.8. The minimum atomic E-state index is -0.959. The minimum absolute atomic E-state index is 0.149. The third kappa shape index (κ3) is 3.95. The van der Waals surface area contributed by atoms with Gasteiger partial charge in [-0.05, 0) is 30.7 Å². The second-order valence-corrected chi connectivity index (χ2v) is 4.09. The quantitative estimate of drug-likeness (QED) is 0.808. The molecule has 0 fully saturated rings. The Hall–Kier alpha value is -2.28. The van der Waals surface area contributed by atoms with Crippen molar-refractivity contribution in [3.8, 4) is 6.07 Å². The summed E-state index contributed by atoms with van der Waals surface area (Å²) >= 11 is 0. The van der Waals surface area contributed by atoms with Gasteiger partial charge in [0, 0.05) is 24.9 Å². The Morgan fingerprint density at radius 2 is 2.11 bits per heavy atom. The molecule has 0 aromatic heterocycles. The highest BCUT2D eigenvalue weighted by atomic mass is 16.4. The minimum Gasteiger partial charge on any atom is -0.478 e. The second kappa shape index (κ2) is 6.45. The maximum atomic E-state index is 10.4. The number of nitriles is 1. The van der Waals surface area contributed by atoms with Gasteiger partial charge < -0.3 is 10.0 Å². The van der Waals surface area contributed by atoms with Crippen LogP contribution < -0.4 is 4.90 Å². The molecule has 0 aliphatic heterocycles. The van der Waals surface area contributed by atoms with E-state index in [2.05, 4.69) is 6.07 Å². The van der Waals surface area contributed by atoms with Crippen molar-refractivity contribution < 1.29 is 9.90 Å². The molecule has 0 aliphatic carbocycles. The molecule has 1 rings (SSSR count). The summed E-state index contributed by atoms with van der Waals surface area (Å²) in [6.07, 6.45) is 3.12. The number of anilines is 1. The molecule has 0 saturated heterocycles. The van der Waals surface area contributed by atoms with E-state index < -0.39 is 5.97 Å². The van der Waals surface area contributed by atoms with E-state index in [1.54, 1.807) is 6.08 Å². The van der Waals surface area contributed by atoms with Gasteiger partial charge >= 0.3 is 5.97 Å². The van der Waals surface area contributed by atoms with Crippen molar-refractivity contribution in [1.29, 1.82) is 5.26 Å². The van der Waals surface area contributed by atoms with Gasteiger partial charge in [-0.25, -0.2) is 4.79 Å². The van der Waals surface area contributed by atoms with Gasteiger partial charge in [0.05, 0.1) is 12.5 Å². The van der Waals surface area contributed by atoms with Gasteiger partial charge in [-0.2, -0.15) is 5.26 Å². The van der Waals surface area contributed by atoms with Crippen LogP contribution in [0.3, 0.4) is 0 Å². The molecule has 1 aromatic carbocycles. The van der Waals surface area contributed by atoms with E-state index in [1.807, 2.05) is 43.1 Å². The predicted molar refractivity (Wildman–Crippen MR) is 71.2 cm³/mol. The topological polar surface area (TPSA) is 64.3 Å². The second-order valence-electron chi connectivity index (χ2n) is 4.09. The van der Waals surface area contributed by atoms with Gasteiger partial charge in [0.2, 0.25) is 0 Å². The summed E-state index contributed by atoms with van der Waals surface area (Å²) in [5, 5.41) is 17.2. The van der Waals surface area contributed by atoms with Crippen LogP contribution in [-0.2, 0) is 4.79 Å². The molecular weight excluding hydrogens is 228 g/mol. The van der Waals surface area contributed by atoms with Crippen molar-refractivity contribution >= 4 is 17.7 Å². The van der Waals surface area contributed by atoms with Gasteiger partial charge in [-0.1, -0.05) is 12.1 Å². The fourth-order valence-electron chi connectivity index (χ4n) is 1.51. The molecule has 0 saturated carbocycles. The van der Waals surface area contributed by atoms with Gasteiger partial charge in [0.25, 0.3) is 0 Å². The predicted octanol–water partition coefficient (Wildman–Crippen LogP) is 2.52. The highest BCUT2D eigenvalue weighted by molar-refractivity contribution is 5.85. The van der Waals surface area contributed by atoms with Crippen LogP contribution in [0, 0.1) is 11.3 Å². The number of nitrogens with zero attached hydrogens (tertiary/aromatic N) is 2. The lowest BCUT2D eigenvalue weighted by molar-refractivity contribution is -0.131. The van der Waals surface area contributed by atoms with Gasteiger partial charge in [-0.15, -0.1) is 0 Å². The van der Waals surface area contributed by atoms with Crippen molar-refractivity contribution in [3.63, 3.8) is 0 Å². The Morgan fingerprint density at radius 1 is 1.50 bits per heavy atom. The molecule has 1 atom stereocenters. The molecule has 0 bridgehead atoms. The number of rotatable bonds is 5. The molecule has 1 unspecified atom stereocenters. The molecule has 4 heteroatoms. The van der Waals surface area contributed by atoms with E-state index in [0.717, 1.165) is 17.3 Å². The summed E-state index contributed by atoms with van der Waals surface area (Å²) in [5.74, 6) is -0.959. The third-order valence-corrected chi connectivity index (χ3v) is 2.77. The standard InChI is InChI=1S/C14H16N2O2/c1-11(9-10-15)16(2)13-6-3-12(4-7-13)5-8-14(17)18/h3-8,11H,9H2,1-2H3,(H,17,18). The number of hydrogen-bond acceptors (Lipinski definition) is 3. The largest absolute Gasteiger partial charge is 0.478 e. The summed E-state index contributed by atoms with van der Waals surface area (Å²) < 4.78 is 0. The monoisotopic (exact) mass is 244 g/mol. The number of aliphatic carboxylic acids is 1. The van der Waals surface area contributed by atoms with E-state index in [1.165, 1.54) is 0 Å². The van der Waals surface area contributed by atoms with Crippen molar-refractivity contribution in [2.45, 2.75) is 19.4 Å². The zero-order chi connectivity index (χ0) is 13.5. The Bertz CT molecular complexity index is 472. The van der Waals surface area contributed by atoms with E-state index in [9.17, 15) is 4.79 Å². The van der Waals surface area contributed by atoms with E-state index in [4.69, 9.17) is 10.4 Å². The van der Waals surface area contributed by atoms with Crippen molar-refractivity contribution in [3.05, 3.63) is 35.9 Å². The lowest BCUT2D eigenvalue weighted by Gasteiger charge is -2.25. The number of hydrogen-bond donors (Lipinski definition) is 1. The van der Waals surface area contributed by atoms with Crippen LogP contribution in [0.15, 0.2) is 30.3 Å². The van der Waals surface area contributed by atoms with Crippen molar-refractivity contribution in [2.24, 2.45) is 0 Å². The molecule has 0 radical (unpaired) electrons. The molecule has 0 amide bonds. The maximum absolute atomic E-state index is 10.4. The number of benzene rings is 1. The van der Waals surface area contributed by atoms with Crippen LogP contribution in [0.1, 0.15) is 18.9 Å². The van der Waals surface area contributed by atoms with Gasteiger partial charge in [0.15, 0.2) is 0 Å². The molecule has 0 heterocycles. The van der Waals surface area contributed by atoms with Gasteiger partial charge in [0.1, 0.15) is 0 Å². The summed E-state index contributed by atoms with van der Waals surface area (Å²) in [4.78, 5) is 12.4. The highest BCUT2D eigenvalue weighted by Gasteiger charge is 2.08. The third-order valence-electron chi connectivity index (χ3n) is 2.77. The normalized spacial score (nSPS) is 12.1. The summed E-state index contributed by atoms with van der Waals surface area (Å²) in [6, 6.07) is 9.82. The molecule has 18 heavy (non-hydrogen) atoms. The molecular formula is C14H16N2O2. The number of carbonyl (C=O) groups is 1. The van der Waals surface area contributed by atoms with Crippen LogP contribution in [0.5, 0.6) is 0 Å². The Balaban J connectivity index is 2.77. The Kier molecular flexibility index (Phi) is 4.94. The van der Waals surface area contributed by atoms with Crippen molar-refractivity contribution in [2.75, 3.05) is 11.9 Å². The number of carboxylic acids is 1. The zero-order valence-corrected chi connectivity index (χ0v) is 10.5. The lowest BCUT2D eigenvalue weighted by Crippen LogP contribution is -2.28. The summed E-state index contributed by atoms with van der Waals surface area (Å²) in [6.45, 7) is 1.99. The smallest absolute Gasteiger partial charge is 0.328 e. The Morgan fingerprint density at radius 3 is 2.61 bits per heavy atom. The lowest BCUT2D eigenvalue weighted by atomic mass is 10.1. The average molecular weight is 244 g/mol. The van der Waals surface area contributed by atoms with Crippen LogP contribution >= 0.6 is 0 Å². The number of carboxylic acid groups (broad SMARTS) is 1. The Labute approximate surface area is 107 Å². The molecule has 1 N–H and O–H groups in total. The molecule has 4 nitrogen and oxygen atoms in total. The molecule has 94 valence electrons. The maximum Gasteiger partial charge on any atom is 0.328 e. The van der Waals surface area contributed by atoms with E-state index in [-0.39, 0.29) is 6.04 Å². The molecule has 1 aromatic rings. The molecule has 0 aliphatic rings. The first-order valence-electron chi connectivity index (χ1n) is 5.65. The van der Waals surface area contributed by atoms with Crippen molar-refractivity contribution in [1.82, 2.24) is 0 Å². The summed E-state index contributed by atoms with van der Waals surface area (Å²) in [5.41, 5.74) is 1.84.